The molecular weight excluding hydrogens is 254 g/mol. The van der Waals surface area contributed by atoms with Gasteiger partial charge in [0, 0.05) is 6.54 Å². The SMILES string of the molecule is C[C@](O)(C(=O)O[C@H]1CN2CCC1CC2)c1ccccc1. The van der Waals surface area contributed by atoms with Crippen LogP contribution in [0.3, 0.4) is 0 Å². The lowest BCUT2D eigenvalue weighted by atomic mass is 9.85. The molecule has 108 valence electrons. The van der Waals surface area contributed by atoms with E-state index in [1.165, 1.54) is 6.92 Å². The standard InChI is InChI=1S/C16H21NO3/c1-16(19,13-5-3-2-4-6-13)15(18)20-14-11-17-9-7-12(14)8-10-17/h2-6,12,14,19H,7-11H2,1H3/t14-,16+/m0/s1. The summed E-state index contributed by atoms with van der Waals surface area (Å²) in [7, 11) is 0. The summed E-state index contributed by atoms with van der Waals surface area (Å²) in [6, 6.07) is 8.98. The van der Waals surface area contributed by atoms with Crippen molar-refractivity contribution in [1.82, 2.24) is 4.90 Å². The molecule has 0 saturated carbocycles. The van der Waals surface area contributed by atoms with E-state index in [1.807, 2.05) is 18.2 Å². The van der Waals surface area contributed by atoms with Gasteiger partial charge in [-0.05, 0) is 44.3 Å². The number of hydrogen-bond donors (Lipinski definition) is 1. The molecule has 4 nitrogen and oxygen atoms in total. The highest BCUT2D eigenvalue weighted by atomic mass is 16.6. The Morgan fingerprint density at radius 1 is 1.30 bits per heavy atom. The zero-order valence-corrected chi connectivity index (χ0v) is 11.8. The molecule has 0 spiro atoms. The van der Waals surface area contributed by atoms with Crippen molar-refractivity contribution >= 4 is 5.97 Å². The number of fused-ring (bicyclic) bond motifs is 3. The maximum absolute atomic E-state index is 12.3. The van der Waals surface area contributed by atoms with Gasteiger partial charge in [0.2, 0.25) is 0 Å². The minimum Gasteiger partial charge on any atom is -0.458 e. The van der Waals surface area contributed by atoms with Gasteiger partial charge < -0.3 is 9.84 Å². The van der Waals surface area contributed by atoms with Gasteiger partial charge in [0.1, 0.15) is 6.10 Å². The fourth-order valence-corrected chi connectivity index (χ4v) is 3.18. The van der Waals surface area contributed by atoms with Crippen LogP contribution in [-0.2, 0) is 15.1 Å². The van der Waals surface area contributed by atoms with Gasteiger partial charge in [0.15, 0.2) is 5.60 Å². The maximum Gasteiger partial charge on any atom is 0.342 e. The third kappa shape index (κ3) is 2.45. The second-order valence-electron chi connectivity index (χ2n) is 6.02. The first-order chi connectivity index (χ1) is 9.57. The molecule has 1 N–H and O–H groups in total. The van der Waals surface area contributed by atoms with Gasteiger partial charge in [-0.3, -0.25) is 4.90 Å². The molecule has 2 bridgehead atoms. The molecule has 4 rings (SSSR count). The Bertz CT molecular complexity index is 478. The molecular formula is C16H21NO3. The number of ether oxygens (including phenoxy) is 1. The van der Waals surface area contributed by atoms with E-state index in [0.717, 1.165) is 32.5 Å². The molecule has 0 aliphatic carbocycles. The van der Waals surface area contributed by atoms with Gasteiger partial charge in [-0.25, -0.2) is 4.79 Å². The molecule has 2 atom stereocenters. The van der Waals surface area contributed by atoms with Crippen molar-refractivity contribution in [2.75, 3.05) is 19.6 Å². The largest absolute Gasteiger partial charge is 0.458 e. The van der Waals surface area contributed by atoms with Gasteiger partial charge >= 0.3 is 5.97 Å². The summed E-state index contributed by atoms with van der Waals surface area (Å²) in [5.74, 6) is -0.0852. The Labute approximate surface area is 119 Å². The number of piperidine rings is 3. The first kappa shape index (κ1) is 13.6. The topological polar surface area (TPSA) is 49.8 Å². The van der Waals surface area contributed by atoms with Crippen molar-refractivity contribution in [3.05, 3.63) is 35.9 Å². The average Bonchev–Trinajstić information content (AvgIpc) is 2.49. The number of esters is 1. The van der Waals surface area contributed by atoms with Crippen LogP contribution >= 0.6 is 0 Å². The van der Waals surface area contributed by atoms with Crippen molar-refractivity contribution < 1.29 is 14.6 Å². The highest BCUT2D eigenvalue weighted by Crippen LogP contribution is 2.31. The van der Waals surface area contributed by atoms with E-state index in [0.29, 0.717) is 11.5 Å². The van der Waals surface area contributed by atoms with Gasteiger partial charge in [0.25, 0.3) is 0 Å². The lowest BCUT2D eigenvalue weighted by Crippen LogP contribution is -2.53. The smallest absolute Gasteiger partial charge is 0.342 e. The first-order valence-electron chi connectivity index (χ1n) is 7.29. The number of carbonyl (C=O) groups is 1. The Kier molecular flexibility index (Phi) is 3.52. The third-order valence-corrected chi connectivity index (χ3v) is 4.59. The summed E-state index contributed by atoms with van der Waals surface area (Å²) in [6.45, 7) is 4.52. The molecule has 3 fully saturated rings. The van der Waals surface area contributed by atoms with E-state index in [2.05, 4.69) is 4.90 Å². The number of carbonyl (C=O) groups excluding carboxylic acids is 1. The molecule has 1 aromatic rings. The molecule has 3 heterocycles. The van der Waals surface area contributed by atoms with E-state index in [-0.39, 0.29) is 6.10 Å². The molecule has 0 radical (unpaired) electrons. The molecule has 0 unspecified atom stereocenters. The molecule has 3 aliphatic heterocycles. The second-order valence-corrected chi connectivity index (χ2v) is 6.02. The number of nitrogens with zero attached hydrogens (tertiary/aromatic N) is 1. The van der Waals surface area contributed by atoms with Crippen LogP contribution in [0.15, 0.2) is 30.3 Å². The fourth-order valence-electron chi connectivity index (χ4n) is 3.18. The summed E-state index contributed by atoms with van der Waals surface area (Å²) in [5, 5.41) is 10.5. The summed E-state index contributed by atoms with van der Waals surface area (Å²) < 4.78 is 5.61. The van der Waals surface area contributed by atoms with E-state index in [9.17, 15) is 9.90 Å². The van der Waals surface area contributed by atoms with E-state index < -0.39 is 11.6 Å². The highest BCUT2D eigenvalue weighted by molar-refractivity contribution is 5.80. The highest BCUT2D eigenvalue weighted by Gasteiger charge is 2.41. The fraction of sp³-hybridized carbons (Fsp3) is 0.562. The Morgan fingerprint density at radius 2 is 1.95 bits per heavy atom. The van der Waals surface area contributed by atoms with Crippen LogP contribution < -0.4 is 0 Å². The third-order valence-electron chi connectivity index (χ3n) is 4.59. The second kappa shape index (κ2) is 5.19. The normalized spacial score (nSPS) is 31.6. The van der Waals surface area contributed by atoms with Gasteiger partial charge in [-0.15, -0.1) is 0 Å². The summed E-state index contributed by atoms with van der Waals surface area (Å²) in [6.07, 6.45) is 2.11. The molecule has 20 heavy (non-hydrogen) atoms. The molecule has 3 aliphatic rings. The minimum absolute atomic E-state index is 0.0693. The van der Waals surface area contributed by atoms with Crippen LogP contribution in [0.5, 0.6) is 0 Å². The number of benzene rings is 1. The first-order valence-corrected chi connectivity index (χ1v) is 7.29. The Balaban J connectivity index is 1.70. The van der Waals surface area contributed by atoms with Crippen LogP contribution in [0.1, 0.15) is 25.3 Å². The van der Waals surface area contributed by atoms with Gasteiger partial charge in [-0.1, -0.05) is 30.3 Å². The average molecular weight is 275 g/mol. The van der Waals surface area contributed by atoms with Crippen molar-refractivity contribution in [2.45, 2.75) is 31.5 Å². The summed E-state index contributed by atoms with van der Waals surface area (Å²) >= 11 is 0. The van der Waals surface area contributed by atoms with Crippen molar-refractivity contribution in [1.29, 1.82) is 0 Å². The van der Waals surface area contributed by atoms with E-state index >= 15 is 0 Å². The van der Waals surface area contributed by atoms with Crippen LogP contribution in [0, 0.1) is 5.92 Å². The van der Waals surface area contributed by atoms with Crippen LogP contribution in [-0.4, -0.2) is 41.7 Å². The van der Waals surface area contributed by atoms with Crippen molar-refractivity contribution in [3.8, 4) is 0 Å². The quantitative estimate of drug-likeness (QED) is 0.850. The van der Waals surface area contributed by atoms with Gasteiger partial charge in [-0.2, -0.15) is 0 Å². The Hall–Kier alpha value is -1.39. The lowest BCUT2D eigenvalue weighted by Gasteiger charge is -2.44. The van der Waals surface area contributed by atoms with Crippen LogP contribution in [0.4, 0.5) is 0 Å². The van der Waals surface area contributed by atoms with Crippen LogP contribution in [0.2, 0.25) is 0 Å². The zero-order valence-electron chi connectivity index (χ0n) is 11.8. The number of aliphatic hydroxyl groups is 1. The Morgan fingerprint density at radius 3 is 2.50 bits per heavy atom. The molecule has 1 aromatic carbocycles. The molecule has 4 heteroatoms. The van der Waals surface area contributed by atoms with Crippen molar-refractivity contribution in [3.63, 3.8) is 0 Å². The molecule has 3 saturated heterocycles. The summed E-state index contributed by atoms with van der Waals surface area (Å²) in [4.78, 5) is 14.6. The maximum atomic E-state index is 12.3. The van der Waals surface area contributed by atoms with E-state index in [1.54, 1.807) is 12.1 Å². The molecule has 0 amide bonds. The number of hydrogen-bond acceptors (Lipinski definition) is 4. The molecule has 0 aromatic heterocycles. The van der Waals surface area contributed by atoms with E-state index in [4.69, 9.17) is 4.74 Å². The predicted octanol–water partition coefficient (Wildman–Crippen LogP) is 1.53. The van der Waals surface area contributed by atoms with Crippen LogP contribution in [0.25, 0.3) is 0 Å². The van der Waals surface area contributed by atoms with Gasteiger partial charge in [0.05, 0.1) is 0 Å². The predicted molar refractivity (Wildman–Crippen MR) is 75.1 cm³/mol. The minimum atomic E-state index is -1.58. The lowest BCUT2D eigenvalue weighted by molar-refractivity contribution is -0.179. The number of rotatable bonds is 3. The van der Waals surface area contributed by atoms with Crippen molar-refractivity contribution in [2.24, 2.45) is 5.92 Å². The zero-order chi connectivity index (χ0) is 14.2. The summed E-state index contributed by atoms with van der Waals surface area (Å²) in [5.41, 5.74) is -1.00. The monoisotopic (exact) mass is 275 g/mol.